The molecule has 0 bridgehead atoms. The molecule has 0 aliphatic carbocycles. The molecule has 12 heavy (non-hydrogen) atoms. The van der Waals surface area contributed by atoms with Crippen LogP contribution in [-0.2, 0) is 0 Å². The first kappa shape index (κ1) is 10.9. The molecule has 0 fully saturated rings. The summed E-state index contributed by atoms with van der Waals surface area (Å²) in [6.07, 6.45) is 0. The fraction of sp³-hybridized carbons (Fsp3) is 0.333. The summed E-state index contributed by atoms with van der Waals surface area (Å²) in [4.78, 5) is 0. The standard InChI is InChI=1S/C8H11NO.CH4O/c1-2-9(10)8-6-4-3-5-7-8;1-2/h3-7,10H,2H2,1H3;2H,1H3. The van der Waals surface area contributed by atoms with Gasteiger partial charge in [-0.05, 0) is 19.1 Å². The van der Waals surface area contributed by atoms with Gasteiger partial charge in [0.2, 0.25) is 0 Å². The number of para-hydroxylation sites is 1. The van der Waals surface area contributed by atoms with Crippen LogP contribution in [0, 0.1) is 0 Å². The summed E-state index contributed by atoms with van der Waals surface area (Å²) < 4.78 is 0. The van der Waals surface area contributed by atoms with E-state index in [1.165, 1.54) is 5.06 Å². The van der Waals surface area contributed by atoms with Crippen LogP contribution in [0.2, 0.25) is 0 Å². The summed E-state index contributed by atoms with van der Waals surface area (Å²) in [5, 5.41) is 17.4. The van der Waals surface area contributed by atoms with Crippen LogP contribution in [0.5, 0.6) is 0 Å². The van der Waals surface area contributed by atoms with Gasteiger partial charge in [0.15, 0.2) is 0 Å². The second-order valence-corrected chi connectivity index (χ2v) is 2.05. The predicted octanol–water partition coefficient (Wildman–Crippen LogP) is 1.51. The fourth-order valence-corrected chi connectivity index (χ4v) is 0.783. The van der Waals surface area contributed by atoms with Crippen molar-refractivity contribution in [3.05, 3.63) is 30.3 Å². The monoisotopic (exact) mass is 169 g/mol. The second kappa shape index (κ2) is 6.64. The van der Waals surface area contributed by atoms with Crippen molar-refractivity contribution in [2.24, 2.45) is 0 Å². The van der Waals surface area contributed by atoms with Crippen LogP contribution in [0.25, 0.3) is 0 Å². The number of hydrogen-bond acceptors (Lipinski definition) is 3. The van der Waals surface area contributed by atoms with Crippen molar-refractivity contribution in [1.82, 2.24) is 0 Å². The number of aliphatic hydroxyl groups is 1. The lowest BCUT2D eigenvalue weighted by molar-refractivity contribution is 0.260. The maximum absolute atomic E-state index is 9.16. The molecule has 0 aromatic heterocycles. The van der Waals surface area contributed by atoms with Crippen molar-refractivity contribution in [1.29, 1.82) is 0 Å². The van der Waals surface area contributed by atoms with E-state index in [0.717, 1.165) is 12.8 Å². The molecule has 0 unspecified atom stereocenters. The van der Waals surface area contributed by atoms with Crippen molar-refractivity contribution >= 4 is 5.69 Å². The first-order valence-electron chi connectivity index (χ1n) is 3.80. The number of hydrogen-bond donors (Lipinski definition) is 2. The van der Waals surface area contributed by atoms with Crippen LogP contribution in [0.3, 0.4) is 0 Å². The van der Waals surface area contributed by atoms with E-state index in [9.17, 15) is 0 Å². The summed E-state index contributed by atoms with van der Waals surface area (Å²) >= 11 is 0. The summed E-state index contributed by atoms with van der Waals surface area (Å²) in [6, 6.07) is 9.45. The van der Waals surface area contributed by atoms with Gasteiger partial charge < -0.3 is 5.11 Å². The number of aliphatic hydroxyl groups excluding tert-OH is 1. The Morgan fingerprint density at radius 2 is 1.67 bits per heavy atom. The molecular formula is C9H15NO2. The minimum Gasteiger partial charge on any atom is -0.400 e. The number of anilines is 1. The first-order chi connectivity index (χ1) is 5.84. The summed E-state index contributed by atoms with van der Waals surface area (Å²) in [7, 11) is 1.00. The van der Waals surface area contributed by atoms with Gasteiger partial charge in [0.25, 0.3) is 0 Å². The van der Waals surface area contributed by atoms with Crippen LogP contribution in [0.1, 0.15) is 6.92 Å². The number of benzene rings is 1. The molecule has 0 saturated heterocycles. The lowest BCUT2D eigenvalue weighted by Gasteiger charge is -2.12. The Kier molecular flexibility index (Phi) is 6.05. The largest absolute Gasteiger partial charge is 0.400 e. The number of nitrogens with zero attached hydrogens (tertiary/aromatic N) is 1. The third-order valence-corrected chi connectivity index (χ3v) is 1.35. The summed E-state index contributed by atoms with van der Waals surface area (Å²) in [6.45, 7) is 2.51. The summed E-state index contributed by atoms with van der Waals surface area (Å²) in [5.74, 6) is 0. The summed E-state index contributed by atoms with van der Waals surface area (Å²) in [5.41, 5.74) is 0.838. The van der Waals surface area contributed by atoms with Gasteiger partial charge in [0.05, 0.1) is 5.69 Å². The van der Waals surface area contributed by atoms with Crippen LogP contribution in [-0.4, -0.2) is 24.0 Å². The van der Waals surface area contributed by atoms with Crippen LogP contribution in [0.4, 0.5) is 5.69 Å². The van der Waals surface area contributed by atoms with Crippen molar-refractivity contribution in [2.45, 2.75) is 6.92 Å². The van der Waals surface area contributed by atoms with Crippen LogP contribution >= 0.6 is 0 Å². The molecule has 0 amide bonds. The van der Waals surface area contributed by atoms with E-state index < -0.39 is 0 Å². The first-order valence-corrected chi connectivity index (χ1v) is 3.80. The zero-order chi connectivity index (χ0) is 9.40. The van der Waals surface area contributed by atoms with E-state index in [-0.39, 0.29) is 0 Å². The average molecular weight is 169 g/mol. The third-order valence-electron chi connectivity index (χ3n) is 1.35. The van der Waals surface area contributed by atoms with E-state index >= 15 is 0 Å². The average Bonchev–Trinajstić information content (AvgIpc) is 2.21. The van der Waals surface area contributed by atoms with Gasteiger partial charge in [-0.1, -0.05) is 18.2 Å². The normalized spacial score (nSPS) is 8.33. The Morgan fingerprint density at radius 1 is 1.17 bits per heavy atom. The molecule has 3 heteroatoms. The Labute approximate surface area is 72.8 Å². The molecule has 0 atom stereocenters. The smallest absolute Gasteiger partial charge is 0.0633 e. The van der Waals surface area contributed by atoms with Crippen LogP contribution < -0.4 is 5.06 Å². The van der Waals surface area contributed by atoms with E-state index in [1.54, 1.807) is 0 Å². The Morgan fingerprint density at radius 3 is 2.08 bits per heavy atom. The Balaban J connectivity index is 0.000000561. The molecule has 2 N–H and O–H groups in total. The van der Waals surface area contributed by atoms with E-state index in [1.807, 2.05) is 37.3 Å². The zero-order valence-corrected chi connectivity index (χ0v) is 7.44. The topological polar surface area (TPSA) is 43.7 Å². The number of rotatable bonds is 2. The quantitative estimate of drug-likeness (QED) is 0.659. The van der Waals surface area contributed by atoms with Crippen molar-refractivity contribution in [3.8, 4) is 0 Å². The predicted molar refractivity (Wildman–Crippen MR) is 49.4 cm³/mol. The van der Waals surface area contributed by atoms with Gasteiger partial charge in [-0.25, -0.2) is 0 Å². The Bertz CT molecular complexity index is 189. The highest BCUT2D eigenvalue weighted by atomic mass is 16.5. The molecule has 0 saturated carbocycles. The van der Waals surface area contributed by atoms with E-state index in [0.29, 0.717) is 6.54 Å². The maximum Gasteiger partial charge on any atom is 0.0633 e. The number of hydroxylamine groups is 1. The molecular weight excluding hydrogens is 154 g/mol. The Hall–Kier alpha value is -1.06. The highest BCUT2D eigenvalue weighted by Crippen LogP contribution is 2.08. The fourth-order valence-electron chi connectivity index (χ4n) is 0.783. The molecule has 68 valence electrons. The van der Waals surface area contributed by atoms with E-state index in [4.69, 9.17) is 10.3 Å². The minimum absolute atomic E-state index is 0.615. The van der Waals surface area contributed by atoms with Gasteiger partial charge in [-0.15, -0.1) is 0 Å². The molecule has 1 aromatic carbocycles. The van der Waals surface area contributed by atoms with Crippen molar-refractivity contribution in [3.63, 3.8) is 0 Å². The molecule has 1 rings (SSSR count). The van der Waals surface area contributed by atoms with Gasteiger partial charge in [-0.3, -0.25) is 10.3 Å². The highest BCUT2D eigenvalue weighted by Gasteiger charge is 1.94. The second-order valence-electron chi connectivity index (χ2n) is 2.05. The van der Waals surface area contributed by atoms with Gasteiger partial charge in [0.1, 0.15) is 0 Å². The highest BCUT2D eigenvalue weighted by molar-refractivity contribution is 5.42. The van der Waals surface area contributed by atoms with Crippen molar-refractivity contribution in [2.75, 3.05) is 18.7 Å². The van der Waals surface area contributed by atoms with Crippen LogP contribution in [0.15, 0.2) is 30.3 Å². The maximum atomic E-state index is 9.16. The molecule has 0 heterocycles. The SMILES string of the molecule is CCN(O)c1ccccc1.CO. The molecule has 0 aliphatic heterocycles. The lowest BCUT2D eigenvalue weighted by atomic mass is 10.3. The van der Waals surface area contributed by atoms with E-state index in [2.05, 4.69) is 0 Å². The molecule has 0 radical (unpaired) electrons. The molecule has 0 aliphatic rings. The third kappa shape index (κ3) is 3.37. The van der Waals surface area contributed by atoms with Gasteiger partial charge >= 0.3 is 0 Å². The zero-order valence-electron chi connectivity index (χ0n) is 7.44. The van der Waals surface area contributed by atoms with Gasteiger partial charge in [-0.2, -0.15) is 0 Å². The van der Waals surface area contributed by atoms with Gasteiger partial charge in [0, 0.05) is 13.7 Å². The molecule has 3 nitrogen and oxygen atoms in total. The molecule has 1 aromatic rings. The minimum atomic E-state index is 0.615. The lowest BCUT2D eigenvalue weighted by Crippen LogP contribution is -2.16. The van der Waals surface area contributed by atoms with Crippen molar-refractivity contribution < 1.29 is 10.3 Å². The molecule has 0 spiro atoms.